The Labute approximate surface area is 98.3 Å². The lowest BCUT2D eigenvalue weighted by Crippen LogP contribution is -2.33. The van der Waals surface area contributed by atoms with E-state index in [4.69, 9.17) is 0 Å². The molecule has 90 valence electrons. The molecule has 16 heavy (non-hydrogen) atoms. The van der Waals surface area contributed by atoms with Crippen LogP contribution in [0, 0.1) is 11.8 Å². The van der Waals surface area contributed by atoms with Crippen LogP contribution in [0.2, 0.25) is 0 Å². The summed E-state index contributed by atoms with van der Waals surface area (Å²) in [6, 6.07) is 0.601. The number of nitrogens with zero attached hydrogens (tertiary/aromatic N) is 2. The normalized spacial score (nSPS) is 30.3. The third-order valence-corrected chi connectivity index (χ3v) is 3.80. The molecule has 1 aliphatic rings. The average Bonchev–Trinajstić information content (AvgIpc) is 2.69. The Morgan fingerprint density at radius 2 is 2.25 bits per heavy atom. The number of anilines is 1. The van der Waals surface area contributed by atoms with Gasteiger partial charge in [-0.05, 0) is 38.0 Å². The van der Waals surface area contributed by atoms with Crippen molar-refractivity contribution in [2.75, 3.05) is 5.32 Å². The Morgan fingerprint density at radius 3 is 2.94 bits per heavy atom. The Hall–Kier alpha value is -0.990. The van der Waals surface area contributed by atoms with E-state index < -0.39 is 0 Å². The van der Waals surface area contributed by atoms with Gasteiger partial charge in [-0.2, -0.15) is 0 Å². The van der Waals surface area contributed by atoms with Crippen molar-refractivity contribution in [1.82, 2.24) is 9.55 Å². The largest absolute Gasteiger partial charge is 0.353 e. The minimum absolute atomic E-state index is 0.601. The molecule has 0 aliphatic heterocycles. The lowest BCUT2D eigenvalue weighted by atomic mass is 9.80. The predicted octanol–water partition coefficient (Wildman–Crippen LogP) is 3.14. The van der Waals surface area contributed by atoms with Crippen LogP contribution in [-0.4, -0.2) is 15.6 Å². The first-order valence-electron chi connectivity index (χ1n) is 6.48. The van der Waals surface area contributed by atoms with Gasteiger partial charge >= 0.3 is 0 Å². The molecule has 3 atom stereocenters. The van der Waals surface area contributed by atoms with Crippen LogP contribution in [-0.2, 0) is 6.54 Å². The van der Waals surface area contributed by atoms with Gasteiger partial charge in [0.2, 0.25) is 5.95 Å². The maximum absolute atomic E-state index is 4.39. The molecule has 0 bridgehead atoms. The van der Waals surface area contributed by atoms with E-state index in [9.17, 15) is 0 Å². The molecule has 1 N–H and O–H groups in total. The summed E-state index contributed by atoms with van der Waals surface area (Å²) in [5.74, 6) is 2.68. The molecule has 3 heteroatoms. The van der Waals surface area contributed by atoms with Crippen LogP contribution in [0.4, 0.5) is 5.95 Å². The molecule has 0 saturated heterocycles. The summed E-state index contributed by atoms with van der Waals surface area (Å²) in [6.45, 7) is 7.85. The molecule has 1 aromatic rings. The molecule has 2 rings (SSSR count). The van der Waals surface area contributed by atoms with Crippen LogP contribution in [0.15, 0.2) is 12.4 Å². The van der Waals surface area contributed by atoms with Crippen LogP contribution in [0.25, 0.3) is 0 Å². The molecule has 3 unspecified atom stereocenters. The maximum Gasteiger partial charge on any atom is 0.202 e. The van der Waals surface area contributed by atoms with Crippen LogP contribution in [0.5, 0.6) is 0 Å². The zero-order valence-electron chi connectivity index (χ0n) is 10.6. The fourth-order valence-electron chi connectivity index (χ4n) is 2.75. The van der Waals surface area contributed by atoms with E-state index in [0.29, 0.717) is 6.04 Å². The highest BCUT2D eigenvalue weighted by Gasteiger charge is 2.25. The van der Waals surface area contributed by atoms with Gasteiger partial charge in [0, 0.05) is 25.0 Å². The summed E-state index contributed by atoms with van der Waals surface area (Å²) in [6.07, 6.45) is 7.87. The number of rotatable bonds is 3. The molecule has 0 aromatic carbocycles. The predicted molar refractivity (Wildman–Crippen MR) is 67.5 cm³/mol. The summed E-state index contributed by atoms with van der Waals surface area (Å²) >= 11 is 0. The fraction of sp³-hybridized carbons (Fsp3) is 0.769. The van der Waals surface area contributed by atoms with E-state index >= 15 is 0 Å². The molecule has 3 nitrogen and oxygen atoms in total. The highest BCUT2D eigenvalue weighted by atomic mass is 15.2. The van der Waals surface area contributed by atoms with Crippen molar-refractivity contribution in [3.05, 3.63) is 12.4 Å². The molecule has 0 spiro atoms. The monoisotopic (exact) mass is 221 g/mol. The first kappa shape index (κ1) is 11.5. The third kappa shape index (κ3) is 2.39. The van der Waals surface area contributed by atoms with Gasteiger partial charge in [-0.3, -0.25) is 0 Å². The number of nitrogens with one attached hydrogen (secondary N) is 1. The number of hydrogen-bond acceptors (Lipinski definition) is 2. The first-order valence-corrected chi connectivity index (χ1v) is 6.48. The van der Waals surface area contributed by atoms with Gasteiger partial charge in [-0.1, -0.05) is 13.8 Å². The van der Waals surface area contributed by atoms with E-state index in [1.807, 2.05) is 12.4 Å². The lowest BCUT2D eigenvalue weighted by molar-refractivity contribution is 0.275. The van der Waals surface area contributed by atoms with Gasteiger partial charge in [0.15, 0.2) is 0 Å². The molecule has 0 amide bonds. The number of aryl methyl sites for hydroxylation is 1. The van der Waals surface area contributed by atoms with Crippen molar-refractivity contribution in [2.24, 2.45) is 11.8 Å². The summed E-state index contributed by atoms with van der Waals surface area (Å²) in [5.41, 5.74) is 0. The van der Waals surface area contributed by atoms with Crippen molar-refractivity contribution >= 4 is 5.95 Å². The molecule has 1 fully saturated rings. The quantitative estimate of drug-likeness (QED) is 0.849. The Balaban J connectivity index is 1.99. The van der Waals surface area contributed by atoms with E-state index in [2.05, 4.69) is 35.6 Å². The third-order valence-electron chi connectivity index (χ3n) is 3.80. The highest BCUT2D eigenvalue weighted by Crippen LogP contribution is 2.30. The van der Waals surface area contributed by atoms with Crippen LogP contribution in [0.1, 0.15) is 40.0 Å². The molecular weight excluding hydrogens is 198 g/mol. The molecule has 1 aromatic heterocycles. The number of aromatic nitrogens is 2. The standard InChI is InChI=1S/C13H23N3/c1-4-16-8-7-14-13(16)15-12-6-5-10(2)9-11(12)3/h7-8,10-12H,4-6,9H2,1-3H3,(H,14,15). The summed E-state index contributed by atoms with van der Waals surface area (Å²) < 4.78 is 2.17. The Bertz CT molecular complexity index is 332. The highest BCUT2D eigenvalue weighted by molar-refractivity contribution is 5.28. The molecular formula is C13H23N3. The van der Waals surface area contributed by atoms with Gasteiger partial charge in [-0.15, -0.1) is 0 Å². The Morgan fingerprint density at radius 1 is 1.44 bits per heavy atom. The van der Waals surface area contributed by atoms with E-state index in [1.165, 1.54) is 19.3 Å². The smallest absolute Gasteiger partial charge is 0.202 e. The van der Waals surface area contributed by atoms with Crippen LogP contribution in [0.3, 0.4) is 0 Å². The van der Waals surface area contributed by atoms with Gasteiger partial charge in [-0.25, -0.2) is 4.98 Å². The van der Waals surface area contributed by atoms with Crippen molar-refractivity contribution in [2.45, 2.75) is 52.6 Å². The minimum atomic E-state index is 0.601. The topological polar surface area (TPSA) is 29.9 Å². The van der Waals surface area contributed by atoms with Crippen molar-refractivity contribution < 1.29 is 0 Å². The molecule has 1 saturated carbocycles. The van der Waals surface area contributed by atoms with E-state index in [0.717, 1.165) is 24.3 Å². The zero-order valence-corrected chi connectivity index (χ0v) is 10.6. The summed E-state index contributed by atoms with van der Waals surface area (Å²) in [5, 5.41) is 3.60. The van der Waals surface area contributed by atoms with Crippen molar-refractivity contribution in [1.29, 1.82) is 0 Å². The second kappa shape index (κ2) is 4.89. The van der Waals surface area contributed by atoms with Gasteiger partial charge in [0.25, 0.3) is 0 Å². The SMILES string of the molecule is CCn1ccnc1NC1CCC(C)CC1C. The van der Waals surface area contributed by atoms with Crippen LogP contribution < -0.4 is 5.32 Å². The molecule has 0 radical (unpaired) electrons. The van der Waals surface area contributed by atoms with Gasteiger partial charge in [0.05, 0.1) is 0 Å². The maximum atomic E-state index is 4.39. The average molecular weight is 221 g/mol. The van der Waals surface area contributed by atoms with Crippen LogP contribution >= 0.6 is 0 Å². The Kier molecular flexibility index (Phi) is 3.52. The van der Waals surface area contributed by atoms with Crippen molar-refractivity contribution in [3.8, 4) is 0 Å². The molecule has 1 aliphatic carbocycles. The fourth-order valence-corrected chi connectivity index (χ4v) is 2.75. The van der Waals surface area contributed by atoms with Gasteiger partial charge < -0.3 is 9.88 Å². The first-order chi connectivity index (χ1) is 7.70. The summed E-state index contributed by atoms with van der Waals surface area (Å²) in [4.78, 5) is 4.39. The van der Waals surface area contributed by atoms with E-state index in [1.54, 1.807) is 0 Å². The lowest BCUT2D eigenvalue weighted by Gasteiger charge is -2.33. The zero-order chi connectivity index (χ0) is 11.5. The minimum Gasteiger partial charge on any atom is -0.353 e. The second-order valence-electron chi connectivity index (χ2n) is 5.18. The molecule has 1 heterocycles. The number of hydrogen-bond donors (Lipinski definition) is 1. The van der Waals surface area contributed by atoms with Gasteiger partial charge in [0.1, 0.15) is 0 Å². The summed E-state index contributed by atoms with van der Waals surface area (Å²) in [7, 11) is 0. The number of imidazole rings is 1. The van der Waals surface area contributed by atoms with E-state index in [-0.39, 0.29) is 0 Å². The second-order valence-corrected chi connectivity index (χ2v) is 5.18. The van der Waals surface area contributed by atoms with Crippen molar-refractivity contribution in [3.63, 3.8) is 0 Å².